The van der Waals surface area contributed by atoms with Crippen molar-refractivity contribution >= 4 is 23.5 Å². The molecule has 3 unspecified atom stereocenters. The van der Waals surface area contributed by atoms with Crippen LogP contribution in [-0.4, -0.2) is 70.0 Å². The van der Waals surface area contributed by atoms with Gasteiger partial charge in [0.2, 0.25) is 11.8 Å². The van der Waals surface area contributed by atoms with Crippen LogP contribution in [-0.2, 0) is 20.8 Å². The average molecular weight is 505 g/mol. The Bertz CT molecular complexity index is 1130. The highest BCUT2D eigenvalue weighted by Crippen LogP contribution is 2.31. The van der Waals surface area contributed by atoms with E-state index < -0.39 is 6.04 Å². The molecule has 8 nitrogen and oxygen atoms in total. The first kappa shape index (κ1) is 26.5. The molecule has 2 saturated heterocycles. The summed E-state index contributed by atoms with van der Waals surface area (Å²) >= 11 is 0. The molecular formula is C29H36N4O4. The van der Waals surface area contributed by atoms with Gasteiger partial charge in [-0.3, -0.25) is 24.2 Å². The molecule has 3 amide bonds. The lowest BCUT2D eigenvalue weighted by Gasteiger charge is -2.25. The molecule has 0 bridgehead atoms. The van der Waals surface area contributed by atoms with Gasteiger partial charge in [0.05, 0.1) is 19.0 Å². The minimum atomic E-state index is -0.550. The van der Waals surface area contributed by atoms with Crippen molar-refractivity contribution in [3.05, 3.63) is 65.5 Å². The van der Waals surface area contributed by atoms with Gasteiger partial charge in [0, 0.05) is 37.5 Å². The number of ketones is 1. The molecule has 8 heteroatoms. The van der Waals surface area contributed by atoms with Crippen LogP contribution in [0, 0.1) is 5.92 Å². The molecule has 4 rings (SSSR count). The fourth-order valence-electron chi connectivity index (χ4n) is 5.27. The predicted molar refractivity (Wildman–Crippen MR) is 140 cm³/mol. The van der Waals surface area contributed by atoms with Gasteiger partial charge >= 0.3 is 0 Å². The first-order chi connectivity index (χ1) is 17.7. The Morgan fingerprint density at radius 2 is 1.81 bits per heavy atom. The van der Waals surface area contributed by atoms with Gasteiger partial charge in [0.15, 0.2) is 5.78 Å². The summed E-state index contributed by atoms with van der Waals surface area (Å²) in [5, 5.41) is 2.94. The van der Waals surface area contributed by atoms with E-state index in [1.807, 2.05) is 37.3 Å². The number of carbonyl (C=O) groups excluding carboxylic acids is 4. The fraction of sp³-hybridized carbons (Fsp3) is 0.483. The highest BCUT2D eigenvalue weighted by atomic mass is 16.2. The molecule has 0 saturated carbocycles. The highest BCUT2D eigenvalue weighted by molar-refractivity contribution is 5.98. The molecule has 2 fully saturated rings. The van der Waals surface area contributed by atoms with Gasteiger partial charge in [-0.1, -0.05) is 39.0 Å². The van der Waals surface area contributed by atoms with E-state index in [1.165, 1.54) is 5.56 Å². The van der Waals surface area contributed by atoms with Crippen LogP contribution in [0.1, 0.15) is 67.4 Å². The van der Waals surface area contributed by atoms with Crippen molar-refractivity contribution < 1.29 is 19.2 Å². The number of hydrogen-bond donors (Lipinski definition) is 1. The predicted octanol–water partition coefficient (Wildman–Crippen LogP) is 2.97. The number of rotatable bonds is 9. The number of likely N-dealkylation sites (tertiary alicyclic amines) is 2. The molecule has 1 aromatic carbocycles. The number of Topliss-reactive ketones (excluding diaryl/α,β-unsaturated/α-hetero) is 1. The lowest BCUT2D eigenvalue weighted by atomic mass is 10.0. The van der Waals surface area contributed by atoms with Crippen molar-refractivity contribution in [2.45, 2.75) is 64.5 Å². The van der Waals surface area contributed by atoms with E-state index in [-0.39, 0.29) is 48.4 Å². The Kier molecular flexibility index (Phi) is 8.36. The molecule has 2 aliphatic rings. The van der Waals surface area contributed by atoms with E-state index in [0.717, 1.165) is 5.56 Å². The van der Waals surface area contributed by atoms with Gasteiger partial charge in [-0.25, -0.2) is 0 Å². The van der Waals surface area contributed by atoms with Gasteiger partial charge in [0.1, 0.15) is 6.04 Å². The van der Waals surface area contributed by atoms with Gasteiger partial charge in [-0.15, -0.1) is 0 Å². The third-order valence-corrected chi connectivity index (χ3v) is 7.43. The molecular weight excluding hydrogens is 468 g/mol. The Balaban J connectivity index is 1.24. The lowest BCUT2D eigenvalue weighted by molar-refractivity contribution is -0.137. The maximum atomic E-state index is 13.1. The van der Waals surface area contributed by atoms with E-state index in [2.05, 4.69) is 24.1 Å². The van der Waals surface area contributed by atoms with Crippen molar-refractivity contribution in [1.29, 1.82) is 0 Å². The summed E-state index contributed by atoms with van der Waals surface area (Å²) in [6.45, 7) is 7.21. The minimum Gasteiger partial charge on any atom is -0.352 e. The number of pyridine rings is 1. The largest absolute Gasteiger partial charge is 0.352 e. The average Bonchev–Trinajstić information content (AvgIpc) is 3.46. The third kappa shape index (κ3) is 6.24. The molecule has 196 valence electrons. The Morgan fingerprint density at radius 3 is 2.49 bits per heavy atom. The topological polar surface area (TPSA) is 99.7 Å². The molecule has 2 aliphatic heterocycles. The molecule has 1 N–H and O–H groups in total. The summed E-state index contributed by atoms with van der Waals surface area (Å²) in [6, 6.07) is 10.5. The van der Waals surface area contributed by atoms with E-state index in [9.17, 15) is 19.2 Å². The molecule has 1 aromatic heterocycles. The van der Waals surface area contributed by atoms with Crippen LogP contribution >= 0.6 is 0 Å². The number of fused-ring (bicyclic) bond motifs is 1. The third-order valence-electron chi connectivity index (χ3n) is 7.43. The molecule has 3 heterocycles. The summed E-state index contributed by atoms with van der Waals surface area (Å²) in [6.07, 6.45) is 5.09. The van der Waals surface area contributed by atoms with Crippen LogP contribution in [0.4, 0.5) is 0 Å². The zero-order valence-electron chi connectivity index (χ0n) is 21.9. The van der Waals surface area contributed by atoms with Crippen molar-refractivity contribution in [1.82, 2.24) is 20.1 Å². The molecule has 0 radical (unpaired) electrons. The number of carbonyl (C=O) groups is 4. The molecule has 0 spiro atoms. The SMILES string of the molecule is CC(CCNC(=O)c1ccc(C(C)C)cc1)CC(=O)N1CCC2C1C(=O)CN2C(=O)Cc1cccnc1. The van der Waals surface area contributed by atoms with Crippen molar-refractivity contribution in [3.63, 3.8) is 0 Å². The summed E-state index contributed by atoms with van der Waals surface area (Å²) in [5.41, 5.74) is 2.62. The molecule has 2 aromatic rings. The summed E-state index contributed by atoms with van der Waals surface area (Å²) < 4.78 is 0. The second kappa shape index (κ2) is 11.7. The van der Waals surface area contributed by atoms with E-state index >= 15 is 0 Å². The standard InChI is InChI=1S/C29H36N4O4/c1-19(2)22-6-8-23(9-7-22)29(37)31-13-10-20(3)15-26(35)32-14-11-24-28(32)25(34)18-33(24)27(36)16-21-5-4-12-30-17-21/h4-9,12,17,19-20,24,28H,10-11,13-16,18H2,1-3H3,(H,31,37). The molecule has 0 aliphatic carbocycles. The number of hydrogen-bond acceptors (Lipinski definition) is 5. The van der Waals surface area contributed by atoms with Crippen molar-refractivity contribution in [2.75, 3.05) is 19.6 Å². The fourth-order valence-corrected chi connectivity index (χ4v) is 5.27. The molecule has 3 atom stereocenters. The zero-order valence-corrected chi connectivity index (χ0v) is 21.9. The lowest BCUT2D eigenvalue weighted by Crippen LogP contribution is -2.44. The highest BCUT2D eigenvalue weighted by Gasteiger charge is 2.51. The first-order valence-electron chi connectivity index (χ1n) is 13.1. The van der Waals surface area contributed by atoms with Gasteiger partial charge in [-0.2, -0.15) is 0 Å². The Labute approximate surface area is 218 Å². The number of aromatic nitrogens is 1. The number of nitrogens with one attached hydrogen (secondary N) is 1. The number of amides is 3. The summed E-state index contributed by atoms with van der Waals surface area (Å²) in [4.78, 5) is 58.6. The normalized spacial score (nSPS) is 19.7. The zero-order chi connectivity index (χ0) is 26.5. The van der Waals surface area contributed by atoms with Crippen LogP contribution < -0.4 is 5.32 Å². The van der Waals surface area contributed by atoms with E-state index in [1.54, 1.807) is 28.3 Å². The maximum Gasteiger partial charge on any atom is 0.251 e. The summed E-state index contributed by atoms with van der Waals surface area (Å²) in [7, 11) is 0. The second-order valence-electron chi connectivity index (χ2n) is 10.5. The Morgan fingerprint density at radius 1 is 1.05 bits per heavy atom. The monoisotopic (exact) mass is 504 g/mol. The van der Waals surface area contributed by atoms with Gasteiger partial charge in [0.25, 0.3) is 5.91 Å². The van der Waals surface area contributed by atoms with Crippen LogP contribution in [0.5, 0.6) is 0 Å². The summed E-state index contributed by atoms with van der Waals surface area (Å²) in [5.74, 6) is 0.102. The first-order valence-corrected chi connectivity index (χ1v) is 13.1. The van der Waals surface area contributed by atoms with Crippen LogP contribution in [0.15, 0.2) is 48.8 Å². The van der Waals surface area contributed by atoms with Crippen molar-refractivity contribution in [3.8, 4) is 0 Å². The van der Waals surface area contributed by atoms with E-state index in [4.69, 9.17) is 0 Å². The smallest absolute Gasteiger partial charge is 0.251 e. The molecule has 37 heavy (non-hydrogen) atoms. The van der Waals surface area contributed by atoms with Gasteiger partial charge in [-0.05, 0) is 54.0 Å². The van der Waals surface area contributed by atoms with Crippen LogP contribution in [0.25, 0.3) is 0 Å². The van der Waals surface area contributed by atoms with Gasteiger partial charge < -0.3 is 15.1 Å². The number of nitrogens with zero attached hydrogens (tertiary/aromatic N) is 3. The Hall–Kier alpha value is -3.55. The minimum absolute atomic E-state index is 0.0509. The van der Waals surface area contributed by atoms with Crippen LogP contribution in [0.2, 0.25) is 0 Å². The number of benzene rings is 1. The quantitative estimate of drug-likeness (QED) is 0.566. The maximum absolute atomic E-state index is 13.1. The van der Waals surface area contributed by atoms with Crippen molar-refractivity contribution in [2.24, 2.45) is 5.92 Å². The van der Waals surface area contributed by atoms with Crippen LogP contribution in [0.3, 0.4) is 0 Å². The van der Waals surface area contributed by atoms with E-state index in [0.29, 0.717) is 43.8 Å². The second-order valence-corrected chi connectivity index (χ2v) is 10.5.